The van der Waals surface area contributed by atoms with Gasteiger partial charge < -0.3 is 18.3 Å². The summed E-state index contributed by atoms with van der Waals surface area (Å²) in [4.78, 5) is 10.9. The monoisotopic (exact) mass is 557 g/mol. The van der Waals surface area contributed by atoms with Gasteiger partial charge in [0.05, 0.1) is 11.1 Å². The Morgan fingerprint density at radius 1 is 1.03 bits per heavy atom. The summed E-state index contributed by atoms with van der Waals surface area (Å²) in [5, 5.41) is 9.33. The van der Waals surface area contributed by atoms with Crippen LogP contribution in [0.3, 0.4) is 0 Å². The molecule has 31 heavy (non-hydrogen) atoms. The molecule has 0 aromatic heterocycles. The predicted octanol–water partition coefficient (Wildman–Crippen LogP) is 6.76. The van der Waals surface area contributed by atoms with Gasteiger partial charge in [-0.15, -0.1) is 0 Å². The standard InChI is InChI=1S/C10H6F6O.C9H10NO.CH3.ClH.Rh/c1-5(17)6-2-7(9(11,12)13)4-8(3-6)10(14,15)16;10-9-7-4-2-1-3-6(7)5-8(9)11;;;/h2-4H,1H3;1-4,8-11H,5H2;1H3;1H;/q;2*-1;;+3/p-1/t;8-,9+;;;/m.1.../s1. The maximum absolute atomic E-state index is 12.3. The third-order valence-electron chi connectivity index (χ3n) is 4.20. The van der Waals surface area contributed by atoms with Crippen LogP contribution >= 0.6 is 9.69 Å². The first-order valence-electron chi connectivity index (χ1n) is 8.20. The number of carbonyl (C=O) groups is 1. The fraction of sp³-hybridized carbons (Fsp3) is 0.300. The number of rotatable bonds is 1. The second-order valence-electron chi connectivity index (χ2n) is 6.30. The average Bonchev–Trinajstić information content (AvgIpc) is 2.96. The van der Waals surface area contributed by atoms with Crippen LogP contribution in [0.4, 0.5) is 26.3 Å². The van der Waals surface area contributed by atoms with E-state index in [1.165, 1.54) is 0 Å². The number of carbonyl (C=O) groups excluding carboxylic acids is 1. The van der Waals surface area contributed by atoms with Crippen molar-refractivity contribution in [3.05, 3.63) is 83.4 Å². The fourth-order valence-corrected chi connectivity index (χ4v) is 2.73. The fourth-order valence-electron chi connectivity index (χ4n) is 2.73. The van der Waals surface area contributed by atoms with E-state index in [0.717, 1.165) is 18.1 Å². The molecule has 2 aromatic carbocycles. The maximum atomic E-state index is 12.3. The molecule has 1 aliphatic carbocycles. The van der Waals surface area contributed by atoms with Crippen LogP contribution < -0.4 is 0 Å². The number of hydrogen-bond acceptors (Lipinski definition) is 2. The summed E-state index contributed by atoms with van der Waals surface area (Å²) in [6.45, 7) is 0.898. The number of alkyl halides is 6. The molecule has 0 aliphatic heterocycles. The Morgan fingerprint density at radius 3 is 1.87 bits per heavy atom. The quantitative estimate of drug-likeness (QED) is 0.182. The normalized spacial score (nSPS) is 17.3. The van der Waals surface area contributed by atoms with Crippen molar-refractivity contribution in [2.45, 2.75) is 37.8 Å². The van der Waals surface area contributed by atoms with Crippen molar-refractivity contribution >= 4 is 15.5 Å². The average molecular weight is 558 g/mol. The molecule has 0 spiro atoms. The SMILES string of the molecule is CC(=O)c1cc(C(F)(F)F)cc(C(F)(F)F)c1.[CH3-].[Cl][Rh+2].[NH-][C@H]1c2ccccc2C[C@H]1O. The summed E-state index contributed by atoms with van der Waals surface area (Å²) >= 11 is 2.02. The second kappa shape index (κ2) is 11.9. The number of aliphatic hydroxyl groups excluding tert-OH is 1. The van der Waals surface area contributed by atoms with E-state index in [4.69, 9.17) is 5.73 Å². The Balaban J connectivity index is 0.000000555. The molecule has 3 rings (SSSR count). The topological polar surface area (TPSA) is 61.1 Å². The van der Waals surface area contributed by atoms with Crippen LogP contribution in [0, 0.1) is 7.43 Å². The van der Waals surface area contributed by atoms with Gasteiger partial charge in [-0.05, 0) is 37.1 Å². The van der Waals surface area contributed by atoms with Crippen LogP contribution in [0.1, 0.15) is 45.6 Å². The van der Waals surface area contributed by atoms with E-state index in [0.29, 0.717) is 18.6 Å². The van der Waals surface area contributed by atoms with Crippen molar-refractivity contribution in [1.29, 1.82) is 0 Å². The molecule has 0 radical (unpaired) electrons. The summed E-state index contributed by atoms with van der Waals surface area (Å²) < 4.78 is 73.9. The summed E-state index contributed by atoms with van der Waals surface area (Å²) in [6, 6.07) is 8.12. The van der Waals surface area contributed by atoms with Crippen LogP contribution in [0.15, 0.2) is 42.5 Å². The molecule has 11 heteroatoms. The zero-order valence-electron chi connectivity index (χ0n) is 16.2. The Morgan fingerprint density at radius 2 is 1.48 bits per heavy atom. The molecule has 0 heterocycles. The van der Waals surface area contributed by atoms with Crippen LogP contribution in [0.2, 0.25) is 0 Å². The van der Waals surface area contributed by atoms with Gasteiger partial charge in [-0.2, -0.15) is 26.3 Å². The minimum Gasteiger partial charge on any atom is -0.669 e. The second-order valence-corrected chi connectivity index (χ2v) is 6.30. The molecule has 0 bridgehead atoms. The Hall–Kier alpha value is -1.48. The molecule has 0 saturated carbocycles. The Bertz CT molecular complexity index is 841. The van der Waals surface area contributed by atoms with E-state index < -0.39 is 47.0 Å². The van der Waals surface area contributed by atoms with E-state index in [9.17, 15) is 36.2 Å². The molecule has 3 nitrogen and oxygen atoms in total. The third-order valence-corrected chi connectivity index (χ3v) is 4.20. The van der Waals surface area contributed by atoms with Crippen molar-refractivity contribution in [3.8, 4) is 0 Å². The van der Waals surface area contributed by atoms with E-state index in [1.54, 1.807) is 0 Å². The summed E-state index contributed by atoms with van der Waals surface area (Å²) in [5.41, 5.74) is 6.09. The van der Waals surface area contributed by atoms with Crippen LogP contribution in [0.25, 0.3) is 5.73 Å². The first-order chi connectivity index (χ1) is 13.8. The van der Waals surface area contributed by atoms with Crippen LogP contribution in [0.5, 0.6) is 0 Å². The van der Waals surface area contributed by atoms with Crippen LogP contribution in [-0.2, 0) is 36.1 Å². The number of nitrogens with one attached hydrogen (secondary N) is 1. The van der Waals surface area contributed by atoms with Gasteiger partial charge in [0.15, 0.2) is 5.78 Å². The minimum absolute atomic E-state index is 0. The maximum Gasteiger partial charge on any atom is 0.0459 e. The number of hydrogen-bond donors (Lipinski definition) is 1. The van der Waals surface area contributed by atoms with Gasteiger partial charge in [-0.1, -0.05) is 35.9 Å². The van der Waals surface area contributed by atoms with E-state index in [-0.39, 0.29) is 13.5 Å². The molecule has 0 saturated heterocycles. The number of aliphatic hydroxyl groups is 1. The van der Waals surface area contributed by atoms with Crippen molar-refractivity contribution < 1.29 is 53.6 Å². The first kappa shape index (κ1) is 29.5. The Kier molecular flexibility index (Phi) is 11.4. The Labute approximate surface area is 190 Å². The smallest absolute Gasteiger partial charge is 0.0459 e. The molecule has 1 aliphatic rings. The van der Waals surface area contributed by atoms with Gasteiger partial charge in [-0.25, -0.2) is 0 Å². The van der Waals surface area contributed by atoms with Crippen molar-refractivity contribution in [2.75, 3.05) is 0 Å². The molecule has 2 atom stereocenters. The molecule has 0 unspecified atom stereocenters. The molecular formula is C20H19ClF6NO2Rh. The number of Topliss-reactive ketones (excluding diaryl/α,β-unsaturated/α-hetero) is 1. The minimum atomic E-state index is -4.93. The molecule has 0 amide bonds. The van der Waals surface area contributed by atoms with E-state index in [1.807, 2.05) is 41.6 Å². The predicted molar refractivity (Wildman–Crippen MR) is 102 cm³/mol. The molecular weight excluding hydrogens is 539 g/mol. The van der Waals surface area contributed by atoms with Gasteiger partial charge in [0.2, 0.25) is 0 Å². The number of ketones is 1. The molecule has 0 fully saturated rings. The van der Waals surface area contributed by atoms with Gasteiger partial charge in [0.25, 0.3) is 0 Å². The first-order valence-corrected chi connectivity index (χ1v) is 10.3. The largest absolute Gasteiger partial charge is 0.669 e. The molecule has 174 valence electrons. The van der Waals surface area contributed by atoms with Gasteiger partial charge >= 0.3 is 39.4 Å². The van der Waals surface area contributed by atoms with Crippen molar-refractivity contribution in [3.63, 3.8) is 0 Å². The van der Waals surface area contributed by atoms with Gasteiger partial charge in [0, 0.05) is 11.7 Å². The van der Waals surface area contributed by atoms with Gasteiger partial charge in [0.1, 0.15) is 0 Å². The zero-order chi connectivity index (χ0) is 23.3. The number of fused-ring (bicyclic) bond motifs is 1. The summed E-state index contributed by atoms with van der Waals surface area (Å²) in [6.07, 6.45) is -9.70. The zero-order valence-corrected chi connectivity index (χ0v) is 18.6. The molecule has 2 aromatic rings. The molecule has 2 N–H and O–H groups in total. The third kappa shape index (κ3) is 8.18. The summed E-state index contributed by atoms with van der Waals surface area (Å²) in [7, 11) is 4.53. The van der Waals surface area contributed by atoms with Crippen LogP contribution in [-0.4, -0.2) is 17.0 Å². The van der Waals surface area contributed by atoms with E-state index in [2.05, 4.69) is 9.69 Å². The van der Waals surface area contributed by atoms with Gasteiger partial charge in [-0.3, -0.25) is 4.79 Å². The number of benzene rings is 2. The van der Waals surface area contributed by atoms with Crippen molar-refractivity contribution in [2.24, 2.45) is 0 Å². The van der Waals surface area contributed by atoms with E-state index >= 15 is 0 Å². The van der Waals surface area contributed by atoms with Crippen molar-refractivity contribution in [1.82, 2.24) is 0 Å². The number of halogens is 7. The summed E-state index contributed by atoms with van der Waals surface area (Å²) in [5.74, 6) is -0.860.